The molecule has 3 rings (SSSR count). The molecule has 2 aromatic rings. The van der Waals surface area contributed by atoms with Crippen LogP contribution < -0.4 is 0 Å². The van der Waals surface area contributed by atoms with Crippen LogP contribution in [0.2, 0.25) is 0 Å². The highest BCUT2D eigenvalue weighted by Crippen LogP contribution is 2.51. The van der Waals surface area contributed by atoms with Crippen LogP contribution in [0.4, 0.5) is 4.39 Å². The molecule has 1 saturated carbocycles. The molecule has 0 atom stereocenters. The van der Waals surface area contributed by atoms with Gasteiger partial charge in [0, 0.05) is 10.9 Å². The van der Waals surface area contributed by atoms with Crippen molar-refractivity contribution in [1.29, 1.82) is 0 Å². The number of furan rings is 1. The first-order valence-electron chi connectivity index (χ1n) is 5.46. The molecule has 0 bridgehead atoms. The Kier molecular flexibility index (Phi) is 1.89. The lowest BCUT2D eigenvalue weighted by atomic mass is 9.95. The van der Waals surface area contributed by atoms with Crippen molar-refractivity contribution in [2.45, 2.75) is 31.8 Å². The highest BCUT2D eigenvalue weighted by atomic mass is 19.1. The molecule has 1 aliphatic carbocycles. The van der Waals surface area contributed by atoms with E-state index in [0.29, 0.717) is 0 Å². The zero-order chi connectivity index (χ0) is 11.3. The number of benzene rings is 1. The van der Waals surface area contributed by atoms with Gasteiger partial charge in [-0.2, -0.15) is 0 Å². The van der Waals surface area contributed by atoms with Crippen molar-refractivity contribution in [3.8, 4) is 0 Å². The van der Waals surface area contributed by atoms with Crippen molar-refractivity contribution < 1.29 is 13.9 Å². The van der Waals surface area contributed by atoms with Crippen molar-refractivity contribution in [3.05, 3.63) is 35.3 Å². The lowest BCUT2D eigenvalue weighted by Crippen LogP contribution is -1.99. The number of aliphatic hydroxyl groups is 1. The Labute approximate surface area is 92.7 Å². The number of halogens is 1. The zero-order valence-electron chi connectivity index (χ0n) is 9.09. The summed E-state index contributed by atoms with van der Waals surface area (Å²) in [4.78, 5) is 0. The number of hydrogen-bond donors (Lipinski definition) is 1. The van der Waals surface area contributed by atoms with Crippen molar-refractivity contribution in [1.82, 2.24) is 0 Å². The minimum Gasteiger partial charge on any atom is -0.461 e. The topological polar surface area (TPSA) is 33.4 Å². The van der Waals surface area contributed by atoms with Crippen LogP contribution in [0.15, 0.2) is 22.8 Å². The zero-order valence-corrected chi connectivity index (χ0v) is 9.09. The SMILES string of the molecule is CC1(c2coc3c(F)ccc(CO)c23)CC1. The monoisotopic (exact) mass is 220 g/mol. The lowest BCUT2D eigenvalue weighted by Gasteiger charge is -2.07. The smallest absolute Gasteiger partial charge is 0.170 e. The molecule has 0 amide bonds. The van der Waals surface area contributed by atoms with E-state index in [2.05, 4.69) is 6.92 Å². The highest BCUT2D eigenvalue weighted by Gasteiger charge is 2.42. The van der Waals surface area contributed by atoms with E-state index in [1.807, 2.05) is 0 Å². The van der Waals surface area contributed by atoms with E-state index >= 15 is 0 Å². The molecule has 1 aromatic carbocycles. The number of rotatable bonds is 2. The maximum Gasteiger partial charge on any atom is 0.170 e. The van der Waals surface area contributed by atoms with Gasteiger partial charge in [-0.1, -0.05) is 13.0 Å². The van der Waals surface area contributed by atoms with Gasteiger partial charge in [0.15, 0.2) is 11.4 Å². The molecule has 1 aliphatic rings. The van der Waals surface area contributed by atoms with Gasteiger partial charge in [-0.25, -0.2) is 4.39 Å². The normalized spacial score (nSPS) is 17.9. The van der Waals surface area contributed by atoms with E-state index in [1.165, 1.54) is 6.07 Å². The third kappa shape index (κ3) is 1.21. The number of hydrogen-bond acceptors (Lipinski definition) is 2. The molecule has 0 radical (unpaired) electrons. The molecular formula is C13H13FO2. The molecule has 1 fully saturated rings. The fraction of sp³-hybridized carbons (Fsp3) is 0.385. The lowest BCUT2D eigenvalue weighted by molar-refractivity contribution is 0.283. The van der Waals surface area contributed by atoms with E-state index in [0.717, 1.165) is 29.4 Å². The summed E-state index contributed by atoms with van der Waals surface area (Å²) >= 11 is 0. The second-order valence-corrected chi connectivity index (χ2v) is 4.78. The van der Waals surface area contributed by atoms with Crippen LogP contribution in [-0.4, -0.2) is 5.11 Å². The Morgan fingerprint density at radius 2 is 2.19 bits per heavy atom. The van der Waals surface area contributed by atoms with Crippen LogP contribution in [0, 0.1) is 5.82 Å². The molecule has 1 heterocycles. The number of fused-ring (bicyclic) bond motifs is 1. The predicted octanol–water partition coefficient (Wildman–Crippen LogP) is 3.12. The molecule has 2 nitrogen and oxygen atoms in total. The van der Waals surface area contributed by atoms with Crippen molar-refractivity contribution >= 4 is 11.0 Å². The molecule has 84 valence electrons. The Balaban J connectivity index is 2.34. The van der Waals surface area contributed by atoms with Gasteiger partial charge in [0.1, 0.15) is 0 Å². The van der Waals surface area contributed by atoms with Gasteiger partial charge in [-0.3, -0.25) is 0 Å². The molecule has 0 spiro atoms. The van der Waals surface area contributed by atoms with E-state index in [4.69, 9.17) is 4.42 Å². The van der Waals surface area contributed by atoms with Gasteiger partial charge in [0.05, 0.1) is 12.9 Å². The molecule has 1 aromatic heterocycles. The predicted molar refractivity (Wildman–Crippen MR) is 58.7 cm³/mol. The first-order valence-corrected chi connectivity index (χ1v) is 5.46. The summed E-state index contributed by atoms with van der Waals surface area (Å²) in [6.07, 6.45) is 3.84. The van der Waals surface area contributed by atoms with Gasteiger partial charge in [0.2, 0.25) is 0 Å². The fourth-order valence-electron chi connectivity index (χ4n) is 2.22. The second-order valence-electron chi connectivity index (χ2n) is 4.78. The Morgan fingerprint density at radius 3 is 2.81 bits per heavy atom. The average Bonchev–Trinajstić information content (AvgIpc) is 2.86. The minimum absolute atomic E-state index is 0.0839. The summed E-state index contributed by atoms with van der Waals surface area (Å²) < 4.78 is 18.9. The van der Waals surface area contributed by atoms with Crippen LogP contribution in [-0.2, 0) is 12.0 Å². The van der Waals surface area contributed by atoms with Gasteiger partial charge < -0.3 is 9.52 Å². The van der Waals surface area contributed by atoms with Gasteiger partial charge in [0.25, 0.3) is 0 Å². The maximum atomic E-state index is 13.5. The van der Waals surface area contributed by atoms with Crippen LogP contribution in [0.5, 0.6) is 0 Å². The standard InChI is InChI=1S/C13H13FO2/c1-13(4-5-13)9-7-16-12-10(14)3-2-8(6-15)11(9)12/h2-3,7,15H,4-6H2,1H3. The Bertz CT molecular complexity index is 552. The van der Waals surface area contributed by atoms with Crippen LogP contribution in [0.3, 0.4) is 0 Å². The average molecular weight is 220 g/mol. The van der Waals surface area contributed by atoms with E-state index in [9.17, 15) is 9.50 Å². The number of aliphatic hydroxyl groups excluding tert-OH is 1. The Hall–Kier alpha value is -1.35. The molecule has 3 heteroatoms. The summed E-state index contributed by atoms with van der Waals surface area (Å²) in [5.74, 6) is -0.359. The highest BCUT2D eigenvalue weighted by molar-refractivity contribution is 5.86. The summed E-state index contributed by atoms with van der Waals surface area (Å²) in [5.41, 5.74) is 2.16. The second kappa shape index (κ2) is 3.08. The largest absolute Gasteiger partial charge is 0.461 e. The first-order chi connectivity index (χ1) is 7.65. The first kappa shape index (κ1) is 9.85. The fourth-order valence-corrected chi connectivity index (χ4v) is 2.22. The molecule has 0 unspecified atom stereocenters. The van der Waals surface area contributed by atoms with Crippen LogP contribution >= 0.6 is 0 Å². The third-order valence-electron chi connectivity index (χ3n) is 3.58. The third-order valence-corrected chi connectivity index (χ3v) is 3.58. The Morgan fingerprint density at radius 1 is 1.44 bits per heavy atom. The van der Waals surface area contributed by atoms with Crippen molar-refractivity contribution in [3.63, 3.8) is 0 Å². The maximum absolute atomic E-state index is 13.5. The molecule has 0 saturated heterocycles. The van der Waals surface area contributed by atoms with Gasteiger partial charge in [-0.05, 0) is 29.9 Å². The summed E-state index contributed by atoms with van der Waals surface area (Å²) in [5, 5.41) is 10.1. The summed E-state index contributed by atoms with van der Waals surface area (Å²) in [6.45, 7) is 2.06. The summed E-state index contributed by atoms with van der Waals surface area (Å²) in [7, 11) is 0. The summed E-state index contributed by atoms with van der Waals surface area (Å²) in [6, 6.07) is 2.97. The van der Waals surface area contributed by atoms with Gasteiger partial charge in [-0.15, -0.1) is 0 Å². The van der Waals surface area contributed by atoms with Crippen molar-refractivity contribution in [2.75, 3.05) is 0 Å². The quantitative estimate of drug-likeness (QED) is 0.843. The molecule has 0 aliphatic heterocycles. The van der Waals surface area contributed by atoms with E-state index in [1.54, 1.807) is 12.3 Å². The molecule has 1 N–H and O–H groups in total. The molecular weight excluding hydrogens is 207 g/mol. The minimum atomic E-state index is -0.359. The van der Waals surface area contributed by atoms with E-state index < -0.39 is 0 Å². The van der Waals surface area contributed by atoms with Gasteiger partial charge >= 0.3 is 0 Å². The van der Waals surface area contributed by atoms with Crippen LogP contribution in [0.1, 0.15) is 30.9 Å². The van der Waals surface area contributed by atoms with Crippen molar-refractivity contribution in [2.24, 2.45) is 0 Å². The van der Waals surface area contributed by atoms with Crippen LogP contribution in [0.25, 0.3) is 11.0 Å². The van der Waals surface area contributed by atoms with E-state index in [-0.39, 0.29) is 23.4 Å². The molecule has 16 heavy (non-hydrogen) atoms.